The summed E-state index contributed by atoms with van der Waals surface area (Å²) in [6.07, 6.45) is 4.23. The number of rotatable bonds is 6. The second-order valence-electron chi connectivity index (χ2n) is 13.4. The molecule has 2 unspecified atom stereocenters. The van der Waals surface area contributed by atoms with Crippen LogP contribution in [0.15, 0.2) is 36.5 Å². The quantitative estimate of drug-likeness (QED) is 0.179. The van der Waals surface area contributed by atoms with Crippen LogP contribution in [0.3, 0.4) is 0 Å². The number of aromatic nitrogens is 3. The van der Waals surface area contributed by atoms with Crippen molar-refractivity contribution in [3.8, 4) is 23.3 Å². The first-order valence-electron chi connectivity index (χ1n) is 19.8. The molecule has 0 spiro atoms. The first kappa shape index (κ1) is 47.3. The van der Waals surface area contributed by atoms with E-state index < -0.39 is 33.8 Å². The number of anilines is 1. The van der Waals surface area contributed by atoms with Crippen molar-refractivity contribution < 1.29 is 31.8 Å². The van der Waals surface area contributed by atoms with E-state index in [1.807, 2.05) is 38.7 Å². The smallest absolute Gasteiger partial charge is 0.418 e. The van der Waals surface area contributed by atoms with Gasteiger partial charge in [-0.2, -0.15) is 28.4 Å². The van der Waals surface area contributed by atoms with Crippen molar-refractivity contribution in [1.82, 2.24) is 29.7 Å². The van der Waals surface area contributed by atoms with E-state index in [1.54, 1.807) is 17.0 Å². The highest BCUT2D eigenvalue weighted by molar-refractivity contribution is 6.31. The number of carbonyl (C=O) groups excluding carboxylic acids is 1. The van der Waals surface area contributed by atoms with Crippen LogP contribution in [0.1, 0.15) is 66.4 Å². The third kappa shape index (κ3) is 12.7. The second kappa shape index (κ2) is 23.3. The average molecular weight is 821 g/mol. The number of nitrogens with zero attached hydrogens (tertiary/aromatic N) is 8. The predicted octanol–water partition coefficient (Wildman–Crippen LogP) is 8.12. The maximum absolute atomic E-state index is 15.8. The van der Waals surface area contributed by atoms with E-state index in [0.29, 0.717) is 51.8 Å². The maximum atomic E-state index is 15.8. The number of methoxy groups -OCH3 is 1. The van der Waals surface area contributed by atoms with Gasteiger partial charge in [0.2, 0.25) is 5.91 Å². The van der Waals surface area contributed by atoms with Gasteiger partial charge in [-0.25, -0.2) is 4.39 Å². The van der Waals surface area contributed by atoms with Gasteiger partial charge < -0.3 is 24.2 Å². The lowest BCUT2D eigenvalue weighted by molar-refractivity contribution is -0.137. The highest BCUT2D eigenvalue weighted by Crippen LogP contribution is 2.42. The zero-order chi connectivity index (χ0) is 42.1. The number of pyridine rings is 1. The maximum Gasteiger partial charge on any atom is 0.418 e. The molecule has 4 aliphatic rings. The fraction of sp³-hybridized carbons (Fsp3) is 0.585. The summed E-state index contributed by atoms with van der Waals surface area (Å²) in [6.45, 7) is 19.8. The molecule has 4 fully saturated rings. The zero-order valence-electron chi connectivity index (χ0n) is 34.2. The number of hydrogen-bond acceptors (Lipinski definition) is 10. The number of fused-ring (bicyclic) bond motifs is 2. The number of benzene rings is 1. The molecule has 2 atom stereocenters. The fourth-order valence-corrected chi connectivity index (χ4v) is 7.51. The van der Waals surface area contributed by atoms with Gasteiger partial charge >= 0.3 is 12.2 Å². The molecule has 7 rings (SSSR count). The topological polar surface area (TPSA) is 111 Å². The van der Waals surface area contributed by atoms with Gasteiger partial charge in [-0.3, -0.25) is 14.7 Å². The lowest BCUT2D eigenvalue weighted by Crippen LogP contribution is -2.48. The Kier molecular flexibility index (Phi) is 19.4. The molecule has 314 valence electrons. The Morgan fingerprint density at radius 2 is 1.74 bits per heavy atom. The van der Waals surface area contributed by atoms with Crippen LogP contribution in [0.25, 0.3) is 22.2 Å². The van der Waals surface area contributed by atoms with Gasteiger partial charge in [0, 0.05) is 83.2 Å². The van der Waals surface area contributed by atoms with Gasteiger partial charge in [0.25, 0.3) is 0 Å². The van der Waals surface area contributed by atoms with E-state index in [1.165, 1.54) is 58.6 Å². The van der Waals surface area contributed by atoms with E-state index in [2.05, 4.69) is 31.7 Å². The van der Waals surface area contributed by atoms with Crippen LogP contribution in [0.5, 0.6) is 6.01 Å². The molecule has 6 heterocycles. The summed E-state index contributed by atoms with van der Waals surface area (Å²) in [4.78, 5) is 33.7. The van der Waals surface area contributed by atoms with Gasteiger partial charge in [-0.15, -0.1) is 0 Å². The summed E-state index contributed by atoms with van der Waals surface area (Å²) >= 11 is 5.85. The Hall–Kier alpha value is -4.10. The fourth-order valence-electron chi connectivity index (χ4n) is 7.22. The Morgan fingerprint density at radius 1 is 1.07 bits per heavy atom. The number of amides is 1. The third-order valence-electron chi connectivity index (χ3n) is 9.72. The first-order chi connectivity index (χ1) is 27.4. The lowest BCUT2D eigenvalue weighted by atomic mass is 10.0. The summed E-state index contributed by atoms with van der Waals surface area (Å²) in [5, 5.41) is 6.95. The molecule has 1 amide bonds. The minimum atomic E-state index is -4.83. The van der Waals surface area contributed by atoms with Gasteiger partial charge in [0.15, 0.2) is 5.82 Å². The number of alkyl halides is 3. The highest BCUT2D eigenvalue weighted by Gasteiger charge is 2.38. The monoisotopic (exact) mass is 820 g/mol. The molecule has 0 saturated carbocycles. The van der Waals surface area contributed by atoms with Crippen molar-refractivity contribution in [3.05, 3.63) is 53.0 Å². The van der Waals surface area contributed by atoms with Crippen molar-refractivity contribution in [2.45, 2.75) is 73.0 Å². The number of nitriles is 1. The SMILES string of the molecule is CC.CC.CC#N.CC1CC2CCCN2C1.COc1nc(N2CCN(C(=O)/C=C/CN3CCOCC3)CC2)c2cnc(-c3cccc(Cl)c3C(F)(F)F)c(F)c2n1. The highest BCUT2D eigenvalue weighted by atomic mass is 35.5. The van der Waals surface area contributed by atoms with Crippen LogP contribution in [0.4, 0.5) is 23.4 Å². The molecule has 57 heavy (non-hydrogen) atoms. The Labute approximate surface area is 339 Å². The van der Waals surface area contributed by atoms with Gasteiger partial charge in [0.05, 0.1) is 42.4 Å². The zero-order valence-corrected chi connectivity index (χ0v) is 35.0. The van der Waals surface area contributed by atoms with E-state index in [0.717, 1.165) is 37.2 Å². The average Bonchev–Trinajstić information content (AvgIpc) is 3.81. The van der Waals surface area contributed by atoms with Crippen molar-refractivity contribution >= 4 is 34.2 Å². The molecule has 0 bridgehead atoms. The minimum absolute atomic E-state index is 0.109. The predicted molar refractivity (Wildman–Crippen MR) is 217 cm³/mol. The molecule has 4 aliphatic heterocycles. The van der Waals surface area contributed by atoms with Crippen LogP contribution in [-0.2, 0) is 15.7 Å². The van der Waals surface area contributed by atoms with Gasteiger partial charge in [-0.05, 0) is 37.8 Å². The molecule has 0 radical (unpaired) electrons. The Morgan fingerprint density at radius 3 is 2.35 bits per heavy atom. The first-order valence-corrected chi connectivity index (χ1v) is 20.1. The summed E-state index contributed by atoms with van der Waals surface area (Å²) in [6, 6.07) is 6.07. The van der Waals surface area contributed by atoms with E-state index in [-0.39, 0.29) is 22.8 Å². The normalized spacial score (nSPS) is 19.5. The van der Waals surface area contributed by atoms with E-state index >= 15 is 4.39 Å². The van der Waals surface area contributed by atoms with E-state index in [9.17, 15) is 18.0 Å². The van der Waals surface area contributed by atoms with Crippen LogP contribution in [-0.4, -0.2) is 121 Å². The van der Waals surface area contributed by atoms with Crippen molar-refractivity contribution in [2.24, 2.45) is 5.92 Å². The molecule has 1 aromatic carbocycles. The summed E-state index contributed by atoms with van der Waals surface area (Å²) in [7, 11) is 1.31. The molecule has 4 saturated heterocycles. The van der Waals surface area contributed by atoms with Crippen LogP contribution >= 0.6 is 11.6 Å². The molecule has 16 heteroatoms. The van der Waals surface area contributed by atoms with Crippen molar-refractivity contribution in [3.63, 3.8) is 0 Å². The van der Waals surface area contributed by atoms with Gasteiger partial charge in [-0.1, -0.05) is 64.4 Å². The van der Waals surface area contributed by atoms with Crippen LogP contribution < -0.4 is 9.64 Å². The standard InChI is InChI=1S/C27H27ClF4N6O3.C8H15N.C2H3N.2C2H6/c1-40-26-34-24-18(16-33-23(22(24)29)17-4-2-5-19(28)21(17)27(30,31)32)25(35-26)38-10-8-37(9-11-38)20(39)6-3-7-36-12-14-41-15-13-36;1-7-5-8-3-2-4-9(8)6-7;1-2-3;2*1-2/h2-6,16H,7-15H2,1H3;7-8H,2-6H2,1H3;1H3;2*1-2H3/b6-3+;;;;. The van der Waals surface area contributed by atoms with Crippen molar-refractivity contribution in [2.75, 3.05) is 84.1 Å². The van der Waals surface area contributed by atoms with Gasteiger partial charge in [0.1, 0.15) is 17.0 Å². The summed E-state index contributed by atoms with van der Waals surface area (Å²) < 4.78 is 67.7. The number of carbonyl (C=O) groups is 1. The molecular formula is C41H57ClF4N8O3. The van der Waals surface area contributed by atoms with Crippen molar-refractivity contribution in [1.29, 1.82) is 5.26 Å². The Bertz CT molecular complexity index is 1780. The molecule has 0 aliphatic carbocycles. The number of ether oxygens (including phenoxy) is 2. The molecule has 2 aromatic heterocycles. The molecule has 0 N–H and O–H groups in total. The van der Waals surface area contributed by atoms with Crippen LogP contribution in [0, 0.1) is 23.1 Å². The molecule has 3 aromatic rings. The molecule has 11 nitrogen and oxygen atoms in total. The number of morpholine rings is 1. The van der Waals surface area contributed by atoms with Crippen LogP contribution in [0.2, 0.25) is 5.02 Å². The number of hydrogen-bond donors (Lipinski definition) is 0. The third-order valence-corrected chi connectivity index (χ3v) is 10.0. The number of piperazine rings is 1. The number of halogens is 5. The van der Waals surface area contributed by atoms with E-state index in [4.69, 9.17) is 26.3 Å². The molecular weight excluding hydrogens is 764 g/mol. The second-order valence-corrected chi connectivity index (χ2v) is 13.8. The minimum Gasteiger partial charge on any atom is -0.467 e. The Balaban J connectivity index is 0.000000456. The summed E-state index contributed by atoms with van der Waals surface area (Å²) in [5.41, 5.74) is -2.47. The largest absolute Gasteiger partial charge is 0.467 e. The lowest BCUT2D eigenvalue weighted by Gasteiger charge is -2.35. The summed E-state index contributed by atoms with van der Waals surface area (Å²) in [5.74, 6) is 0.121.